The fourth-order valence-electron chi connectivity index (χ4n) is 2.82. The lowest BCUT2D eigenvalue weighted by Gasteiger charge is -2.29. The predicted molar refractivity (Wildman–Crippen MR) is 88.4 cm³/mol. The molecule has 1 aliphatic rings. The smallest absolute Gasteiger partial charge is 0.387 e. The zero-order chi connectivity index (χ0) is 17.8. The summed E-state index contributed by atoms with van der Waals surface area (Å²) in [5.41, 5.74) is 4.25. The number of carbonyl (C=O) groups excluding carboxylic acids is 1. The number of alkyl halides is 2. The van der Waals surface area contributed by atoms with Crippen LogP contribution in [0.15, 0.2) is 36.5 Å². The molecule has 0 fully saturated rings. The Kier molecular flexibility index (Phi) is 5.11. The van der Waals surface area contributed by atoms with E-state index in [1.165, 1.54) is 29.0 Å². The molecule has 132 valence electrons. The first kappa shape index (κ1) is 17.1. The lowest BCUT2D eigenvalue weighted by Crippen LogP contribution is -2.42. The van der Waals surface area contributed by atoms with E-state index in [2.05, 4.69) is 34.1 Å². The third kappa shape index (κ3) is 4.43. The Morgan fingerprint density at radius 1 is 1.32 bits per heavy atom. The first-order valence-electron chi connectivity index (χ1n) is 8.02. The molecule has 0 bridgehead atoms. The van der Waals surface area contributed by atoms with E-state index < -0.39 is 6.61 Å². The van der Waals surface area contributed by atoms with Crippen molar-refractivity contribution in [2.75, 3.05) is 6.54 Å². The fourth-order valence-corrected chi connectivity index (χ4v) is 2.82. The predicted octanol–water partition coefficient (Wildman–Crippen LogP) is 3.26. The van der Waals surface area contributed by atoms with Crippen molar-refractivity contribution < 1.29 is 18.3 Å². The summed E-state index contributed by atoms with van der Waals surface area (Å²) in [6, 6.07) is 9.06. The van der Waals surface area contributed by atoms with Crippen molar-refractivity contribution in [3.8, 4) is 5.75 Å². The van der Waals surface area contributed by atoms with Gasteiger partial charge in [-0.2, -0.15) is 8.78 Å². The lowest BCUT2D eigenvalue weighted by molar-refractivity contribution is -0.0500. The molecule has 0 spiro atoms. The number of aryl methyl sites for hydroxylation is 1. The van der Waals surface area contributed by atoms with Gasteiger partial charge in [0.1, 0.15) is 5.75 Å². The van der Waals surface area contributed by atoms with Gasteiger partial charge in [0.25, 0.3) is 0 Å². The molecule has 0 unspecified atom stereocenters. The van der Waals surface area contributed by atoms with Crippen molar-refractivity contribution in [3.05, 3.63) is 58.9 Å². The molecule has 2 amide bonds. The Hall–Kier alpha value is -2.70. The standard InChI is InChI=1S/C18H19F2N3O2/c1-12-2-3-14-11-23(7-6-13(14)8-12)18(24)22-9-15-4-5-16(10-21-15)25-17(19)20/h2-5,8,10,17H,6-7,9,11H2,1H3,(H,22,24). The first-order chi connectivity index (χ1) is 12.0. The van der Waals surface area contributed by atoms with Crippen molar-refractivity contribution in [2.45, 2.75) is 33.0 Å². The summed E-state index contributed by atoms with van der Waals surface area (Å²) in [6.07, 6.45) is 2.05. The number of halogens is 2. The van der Waals surface area contributed by atoms with Crippen LogP contribution in [0, 0.1) is 6.92 Å². The molecular weight excluding hydrogens is 328 g/mol. The molecule has 0 radical (unpaired) electrons. The van der Waals surface area contributed by atoms with Crippen LogP contribution in [0.1, 0.15) is 22.4 Å². The van der Waals surface area contributed by atoms with Crippen LogP contribution in [0.4, 0.5) is 13.6 Å². The summed E-state index contributed by atoms with van der Waals surface area (Å²) in [5.74, 6) is -0.00647. The first-order valence-corrected chi connectivity index (χ1v) is 8.02. The quantitative estimate of drug-likeness (QED) is 0.924. The maximum atomic E-state index is 12.3. The molecule has 5 nitrogen and oxygen atoms in total. The zero-order valence-corrected chi connectivity index (χ0v) is 13.8. The van der Waals surface area contributed by atoms with E-state index in [1.54, 1.807) is 11.0 Å². The number of carbonyl (C=O) groups is 1. The Balaban J connectivity index is 1.53. The molecule has 7 heteroatoms. The Morgan fingerprint density at radius 2 is 2.16 bits per heavy atom. The largest absolute Gasteiger partial charge is 0.433 e. The van der Waals surface area contributed by atoms with Crippen LogP contribution in [0.25, 0.3) is 0 Å². The van der Waals surface area contributed by atoms with Crippen molar-refractivity contribution in [3.63, 3.8) is 0 Å². The van der Waals surface area contributed by atoms with E-state index >= 15 is 0 Å². The number of amides is 2. The Labute approximate surface area is 144 Å². The second-order valence-electron chi connectivity index (χ2n) is 5.97. The number of benzene rings is 1. The van der Waals surface area contributed by atoms with Gasteiger partial charge in [-0.3, -0.25) is 4.98 Å². The van der Waals surface area contributed by atoms with Crippen LogP contribution in [-0.4, -0.2) is 29.1 Å². The van der Waals surface area contributed by atoms with Crippen LogP contribution in [0.2, 0.25) is 0 Å². The highest BCUT2D eigenvalue weighted by atomic mass is 19.3. The van der Waals surface area contributed by atoms with Crippen LogP contribution >= 0.6 is 0 Å². The summed E-state index contributed by atoms with van der Waals surface area (Å²) in [4.78, 5) is 18.1. The van der Waals surface area contributed by atoms with Crippen LogP contribution in [0.3, 0.4) is 0 Å². The number of nitrogens with zero attached hydrogens (tertiary/aromatic N) is 2. The highest BCUT2D eigenvalue weighted by Gasteiger charge is 2.20. The second-order valence-corrected chi connectivity index (χ2v) is 5.97. The van der Waals surface area contributed by atoms with Gasteiger partial charge in [0.15, 0.2) is 0 Å². The minimum absolute atomic E-state index is 0.00647. The van der Waals surface area contributed by atoms with Gasteiger partial charge >= 0.3 is 12.6 Å². The summed E-state index contributed by atoms with van der Waals surface area (Å²) in [5, 5.41) is 2.81. The van der Waals surface area contributed by atoms with E-state index in [9.17, 15) is 13.6 Å². The Morgan fingerprint density at radius 3 is 2.88 bits per heavy atom. The minimum atomic E-state index is -2.88. The van der Waals surface area contributed by atoms with Gasteiger partial charge in [0.05, 0.1) is 18.4 Å². The minimum Gasteiger partial charge on any atom is -0.433 e. The van der Waals surface area contributed by atoms with Gasteiger partial charge in [-0.05, 0) is 36.6 Å². The van der Waals surface area contributed by atoms with E-state index in [-0.39, 0.29) is 18.3 Å². The van der Waals surface area contributed by atoms with E-state index in [1.807, 2.05) is 6.07 Å². The van der Waals surface area contributed by atoms with Crippen molar-refractivity contribution in [1.29, 1.82) is 0 Å². The lowest BCUT2D eigenvalue weighted by atomic mass is 9.98. The average Bonchev–Trinajstić information content (AvgIpc) is 2.60. The van der Waals surface area contributed by atoms with Gasteiger partial charge in [-0.1, -0.05) is 23.8 Å². The van der Waals surface area contributed by atoms with Crippen LogP contribution < -0.4 is 10.1 Å². The molecule has 3 rings (SSSR count). The molecule has 0 saturated heterocycles. The molecule has 1 aliphatic heterocycles. The molecule has 0 saturated carbocycles. The number of ether oxygens (including phenoxy) is 1. The van der Waals surface area contributed by atoms with Gasteiger partial charge in [0.2, 0.25) is 0 Å². The highest BCUT2D eigenvalue weighted by Crippen LogP contribution is 2.20. The molecule has 1 aromatic carbocycles. The summed E-state index contributed by atoms with van der Waals surface area (Å²) >= 11 is 0. The fraction of sp³-hybridized carbons (Fsp3) is 0.333. The van der Waals surface area contributed by atoms with Gasteiger partial charge < -0.3 is 15.0 Å². The second kappa shape index (κ2) is 7.46. The average molecular weight is 347 g/mol. The number of aromatic nitrogens is 1. The summed E-state index contributed by atoms with van der Waals surface area (Å²) in [7, 11) is 0. The van der Waals surface area contributed by atoms with E-state index in [0.29, 0.717) is 18.8 Å². The zero-order valence-electron chi connectivity index (χ0n) is 13.8. The van der Waals surface area contributed by atoms with Crippen molar-refractivity contribution >= 4 is 6.03 Å². The van der Waals surface area contributed by atoms with Crippen LogP contribution in [0.5, 0.6) is 5.75 Å². The molecule has 1 N–H and O–H groups in total. The van der Waals surface area contributed by atoms with Gasteiger partial charge in [-0.15, -0.1) is 0 Å². The summed E-state index contributed by atoms with van der Waals surface area (Å²) < 4.78 is 28.4. The highest BCUT2D eigenvalue weighted by molar-refractivity contribution is 5.74. The van der Waals surface area contributed by atoms with Crippen LogP contribution in [-0.2, 0) is 19.5 Å². The van der Waals surface area contributed by atoms with Gasteiger partial charge in [0, 0.05) is 13.1 Å². The van der Waals surface area contributed by atoms with E-state index in [4.69, 9.17) is 0 Å². The van der Waals surface area contributed by atoms with Crippen molar-refractivity contribution in [1.82, 2.24) is 15.2 Å². The molecular formula is C18H19F2N3O2. The topological polar surface area (TPSA) is 54.5 Å². The normalized spacial score (nSPS) is 13.5. The third-order valence-electron chi connectivity index (χ3n) is 4.10. The monoisotopic (exact) mass is 347 g/mol. The maximum Gasteiger partial charge on any atom is 0.387 e. The van der Waals surface area contributed by atoms with Gasteiger partial charge in [-0.25, -0.2) is 4.79 Å². The maximum absolute atomic E-state index is 12.3. The number of nitrogens with one attached hydrogen (secondary N) is 1. The summed E-state index contributed by atoms with van der Waals surface area (Å²) in [6.45, 7) is 0.653. The molecule has 2 heterocycles. The Bertz CT molecular complexity index is 750. The molecule has 0 aliphatic carbocycles. The van der Waals surface area contributed by atoms with Crippen molar-refractivity contribution in [2.24, 2.45) is 0 Å². The number of hydrogen-bond donors (Lipinski definition) is 1. The number of hydrogen-bond acceptors (Lipinski definition) is 3. The molecule has 1 aromatic heterocycles. The third-order valence-corrected chi connectivity index (χ3v) is 4.10. The molecule has 25 heavy (non-hydrogen) atoms. The number of pyridine rings is 1. The molecule has 2 aromatic rings. The number of fused-ring (bicyclic) bond motifs is 1. The molecule has 0 atom stereocenters. The SMILES string of the molecule is Cc1ccc2c(c1)CCN(C(=O)NCc1ccc(OC(F)F)cn1)C2. The van der Waals surface area contributed by atoms with E-state index in [0.717, 1.165) is 6.42 Å². The number of rotatable bonds is 4. The number of urea groups is 1.